The van der Waals surface area contributed by atoms with E-state index in [2.05, 4.69) is 41.1 Å². The van der Waals surface area contributed by atoms with Crippen molar-refractivity contribution in [3.63, 3.8) is 0 Å². The van der Waals surface area contributed by atoms with Crippen LogP contribution in [0, 0.1) is 6.92 Å². The molecule has 0 aliphatic carbocycles. The Labute approximate surface area is 151 Å². The van der Waals surface area contributed by atoms with Gasteiger partial charge in [-0.15, -0.1) is 11.3 Å². The summed E-state index contributed by atoms with van der Waals surface area (Å²) in [7, 11) is 0. The van der Waals surface area contributed by atoms with Crippen molar-refractivity contribution in [2.75, 3.05) is 19.7 Å². The monoisotopic (exact) mass is 355 g/mol. The molecular weight excluding hydrogens is 334 g/mol. The lowest BCUT2D eigenvalue weighted by atomic mass is 10.1. The molecule has 5 rings (SSSR count). The van der Waals surface area contributed by atoms with E-state index >= 15 is 0 Å². The SMILES string of the molecule is Cc1ccccc1-c1ncc(CN2CC[C@@]34OCCN3C(=O)C[C@@H]24)s1. The van der Waals surface area contributed by atoms with Crippen molar-refractivity contribution in [1.82, 2.24) is 14.8 Å². The molecule has 1 amide bonds. The maximum absolute atomic E-state index is 12.3. The van der Waals surface area contributed by atoms with E-state index in [0.29, 0.717) is 13.0 Å². The number of benzene rings is 1. The zero-order valence-electron chi connectivity index (χ0n) is 14.3. The second-order valence-corrected chi connectivity index (χ2v) is 8.24. The second kappa shape index (κ2) is 5.62. The molecule has 0 unspecified atom stereocenters. The Morgan fingerprint density at radius 3 is 3.12 bits per heavy atom. The summed E-state index contributed by atoms with van der Waals surface area (Å²) < 4.78 is 6.07. The van der Waals surface area contributed by atoms with Crippen molar-refractivity contribution in [2.45, 2.75) is 38.1 Å². The van der Waals surface area contributed by atoms with Crippen LogP contribution in [0.25, 0.3) is 10.6 Å². The van der Waals surface area contributed by atoms with Crippen LogP contribution in [0.4, 0.5) is 0 Å². The van der Waals surface area contributed by atoms with Crippen LogP contribution < -0.4 is 0 Å². The van der Waals surface area contributed by atoms with Crippen molar-refractivity contribution in [2.24, 2.45) is 0 Å². The molecule has 5 nitrogen and oxygen atoms in total. The number of carbonyl (C=O) groups excluding carboxylic acids is 1. The molecule has 25 heavy (non-hydrogen) atoms. The largest absolute Gasteiger partial charge is 0.352 e. The van der Waals surface area contributed by atoms with Crippen molar-refractivity contribution < 1.29 is 9.53 Å². The number of ether oxygens (including phenoxy) is 1. The van der Waals surface area contributed by atoms with Crippen LogP contribution >= 0.6 is 11.3 Å². The van der Waals surface area contributed by atoms with E-state index in [4.69, 9.17) is 4.74 Å². The third-order valence-electron chi connectivity index (χ3n) is 5.80. The highest BCUT2D eigenvalue weighted by Gasteiger charge is 2.61. The number of carbonyl (C=O) groups is 1. The fourth-order valence-electron chi connectivity index (χ4n) is 4.58. The molecule has 4 heterocycles. The third kappa shape index (κ3) is 2.28. The number of aromatic nitrogens is 1. The van der Waals surface area contributed by atoms with E-state index < -0.39 is 0 Å². The predicted octanol–water partition coefficient (Wildman–Crippen LogP) is 2.65. The third-order valence-corrected chi connectivity index (χ3v) is 6.81. The first-order chi connectivity index (χ1) is 12.2. The Balaban J connectivity index is 1.37. The fraction of sp³-hybridized carbons (Fsp3) is 0.474. The van der Waals surface area contributed by atoms with Gasteiger partial charge in [0.15, 0.2) is 5.72 Å². The van der Waals surface area contributed by atoms with Crippen LogP contribution in [0.3, 0.4) is 0 Å². The van der Waals surface area contributed by atoms with Gasteiger partial charge in [0.05, 0.1) is 12.6 Å². The Hall–Kier alpha value is -1.76. The minimum absolute atomic E-state index is 0.187. The molecule has 130 valence electrons. The smallest absolute Gasteiger partial charge is 0.226 e. The number of thiazole rings is 1. The van der Waals surface area contributed by atoms with Gasteiger partial charge >= 0.3 is 0 Å². The van der Waals surface area contributed by atoms with Gasteiger partial charge in [-0.3, -0.25) is 9.69 Å². The van der Waals surface area contributed by atoms with Crippen molar-refractivity contribution in [3.8, 4) is 10.6 Å². The number of likely N-dealkylation sites (tertiary alicyclic amines) is 1. The van der Waals surface area contributed by atoms with E-state index in [1.807, 2.05) is 11.1 Å². The van der Waals surface area contributed by atoms with Crippen LogP contribution in [-0.4, -0.2) is 52.2 Å². The minimum atomic E-state index is -0.347. The molecule has 3 fully saturated rings. The van der Waals surface area contributed by atoms with E-state index in [9.17, 15) is 4.79 Å². The Morgan fingerprint density at radius 2 is 2.24 bits per heavy atom. The van der Waals surface area contributed by atoms with Crippen molar-refractivity contribution in [3.05, 3.63) is 40.9 Å². The summed E-state index contributed by atoms with van der Waals surface area (Å²) in [6.07, 6.45) is 3.50. The zero-order valence-corrected chi connectivity index (χ0v) is 15.1. The van der Waals surface area contributed by atoms with Gasteiger partial charge in [0.25, 0.3) is 0 Å². The van der Waals surface area contributed by atoms with Crippen LogP contribution in [0.1, 0.15) is 23.3 Å². The number of aryl methyl sites for hydroxylation is 1. The molecule has 1 aromatic carbocycles. The lowest BCUT2D eigenvalue weighted by Gasteiger charge is -2.31. The predicted molar refractivity (Wildman–Crippen MR) is 96.1 cm³/mol. The van der Waals surface area contributed by atoms with Crippen molar-refractivity contribution in [1.29, 1.82) is 0 Å². The van der Waals surface area contributed by atoms with Gasteiger partial charge in [-0.2, -0.15) is 0 Å². The molecule has 3 saturated heterocycles. The summed E-state index contributed by atoms with van der Waals surface area (Å²) >= 11 is 1.75. The molecule has 1 spiro atoms. The molecule has 0 radical (unpaired) electrons. The standard InChI is InChI=1S/C19H21N3O2S/c1-13-4-2-3-5-15(13)18-20-11-14(25-18)12-21-7-6-19-16(21)10-17(23)22(19)8-9-24-19/h2-5,11,16H,6-10,12H2,1H3/t16-,19+/m1/s1. The summed E-state index contributed by atoms with van der Waals surface area (Å²) in [6.45, 7) is 5.37. The number of amides is 1. The molecule has 2 aromatic rings. The van der Waals surface area contributed by atoms with Gasteiger partial charge in [0, 0.05) is 49.1 Å². The average Bonchev–Trinajstić information content (AvgIpc) is 3.34. The Morgan fingerprint density at radius 1 is 1.36 bits per heavy atom. The lowest BCUT2D eigenvalue weighted by Crippen LogP contribution is -2.47. The lowest BCUT2D eigenvalue weighted by molar-refractivity contribution is -0.136. The molecule has 2 atom stereocenters. The maximum atomic E-state index is 12.3. The molecule has 0 N–H and O–H groups in total. The number of hydrogen-bond acceptors (Lipinski definition) is 5. The molecule has 1 aromatic heterocycles. The maximum Gasteiger partial charge on any atom is 0.226 e. The van der Waals surface area contributed by atoms with E-state index in [-0.39, 0.29) is 17.7 Å². The van der Waals surface area contributed by atoms with E-state index in [0.717, 1.165) is 31.1 Å². The Kier molecular flexibility index (Phi) is 3.48. The normalized spacial score (nSPS) is 28.6. The highest BCUT2D eigenvalue weighted by molar-refractivity contribution is 7.15. The average molecular weight is 355 g/mol. The highest BCUT2D eigenvalue weighted by atomic mass is 32.1. The first-order valence-electron chi connectivity index (χ1n) is 8.86. The van der Waals surface area contributed by atoms with Gasteiger partial charge in [-0.25, -0.2) is 4.98 Å². The van der Waals surface area contributed by atoms with E-state index in [1.165, 1.54) is 16.0 Å². The topological polar surface area (TPSA) is 45.7 Å². The fourth-order valence-corrected chi connectivity index (χ4v) is 5.61. The summed E-state index contributed by atoms with van der Waals surface area (Å²) in [5.41, 5.74) is 2.11. The molecule has 3 aliphatic rings. The number of nitrogens with zero attached hydrogens (tertiary/aromatic N) is 3. The Bertz CT molecular complexity index is 836. The van der Waals surface area contributed by atoms with Crippen LogP contribution in [-0.2, 0) is 16.1 Å². The van der Waals surface area contributed by atoms with Crippen LogP contribution in [0.5, 0.6) is 0 Å². The highest BCUT2D eigenvalue weighted by Crippen LogP contribution is 2.46. The first-order valence-corrected chi connectivity index (χ1v) is 9.68. The first kappa shape index (κ1) is 15.5. The van der Waals surface area contributed by atoms with Crippen molar-refractivity contribution >= 4 is 17.2 Å². The van der Waals surface area contributed by atoms with Crippen LogP contribution in [0.15, 0.2) is 30.5 Å². The van der Waals surface area contributed by atoms with Crippen LogP contribution in [0.2, 0.25) is 0 Å². The molecule has 0 bridgehead atoms. The zero-order chi connectivity index (χ0) is 17.0. The minimum Gasteiger partial charge on any atom is -0.352 e. The summed E-state index contributed by atoms with van der Waals surface area (Å²) in [5.74, 6) is 0.247. The van der Waals surface area contributed by atoms with E-state index in [1.54, 1.807) is 11.3 Å². The summed E-state index contributed by atoms with van der Waals surface area (Å²) in [4.78, 5) is 22.6. The quantitative estimate of drug-likeness (QED) is 0.849. The second-order valence-electron chi connectivity index (χ2n) is 7.13. The molecule has 6 heteroatoms. The number of rotatable bonds is 3. The van der Waals surface area contributed by atoms with Gasteiger partial charge in [-0.05, 0) is 12.5 Å². The summed E-state index contributed by atoms with van der Waals surface area (Å²) in [6, 6.07) is 8.55. The summed E-state index contributed by atoms with van der Waals surface area (Å²) in [5, 5.41) is 1.07. The van der Waals surface area contributed by atoms with Gasteiger partial charge < -0.3 is 9.64 Å². The van der Waals surface area contributed by atoms with Gasteiger partial charge in [0.1, 0.15) is 5.01 Å². The van der Waals surface area contributed by atoms with Gasteiger partial charge in [-0.1, -0.05) is 24.3 Å². The molecule has 3 aliphatic heterocycles. The molecule has 0 saturated carbocycles. The van der Waals surface area contributed by atoms with Gasteiger partial charge in [0.2, 0.25) is 5.91 Å². The molecular formula is C19H21N3O2S. The number of hydrogen-bond donors (Lipinski definition) is 0.